The molecule has 1 saturated heterocycles. The van der Waals surface area contributed by atoms with Crippen LogP contribution in [0.3, 0.4) is 0 Å². The number of thiazole rings is 1. The first-order valence-corrected chi connectivity index (χ1v) is 5.03. The molecular formula is C8H12N2OS. The normalized spacial score (nSPS) is 25.9. The van der Waals surface area contributed by atoms with E-state index >= 15 is 0 Å². The minimum atomic E-state index is 0.0683. The number of ether oxygens (including phenoxy) is 1. The summed E-state index contributed by atoms with van der Waals surface area (Å²) >= 11 is 1.59. The Morgan fingerprint density at radius 3 is 3.25 bits per heavy atom. The summed E-state index contributed by atoms with van der Waals surface area (Å²) in [5.74, 6) is 0.465. The zero-order chi connectivity index (χ0) is 8.39. The molecule has 2 unspecified atom stereocenters. The van der Waals surface area contributed by atoms with Crippen molar-refractivity contribution in [3.8, 4) is 0 Å². The van der Waals surface area contributed by atoms with Crippen molar-refractivity contribution in [2.45, 2.75) is 12.5 Å². The Bertz CT molecular complexity index is 231. The average molecular weight is 184 g/mol. The molecule has 2 heterocycles. The predicted molar refractivity (Wildman–Crippen MR) is 48.0 cm³/mol. The van der Waals surface area contributed by atoms with Crippen LogP contribution in [0.5, 0.6) is 0 Å². The van der Waals surface area contributed by atoms with E-state index in [1.165, 1.54) is 0 Å². The van der Waals surface area contributed by atoms with E-state index in [-0.39, 0.29) is 6.04 Å². The second-order valence-corrected chi connectivity index (χ2v) is 3.78. The molecule has 0 aliphatic carbocycles. The molecule has 0 amide bonds. The van der Waals surface area contributed by atoms with Gasteiger partial charge < -0.3 is 10.5 Å². The lowest BCUT2D eigenvalue weighted by molar-refractivity contribution is 0.180. The van der Waals surface area contributed by atoms with Crippen LogP contribution in [0.1, 0.15) is 18.2 Å². The maximum Gasteiger partial charge on any atom is 0.0795 e. The van der Waals surface area contributed by atoms with Crippen LogP contribution in [0.25, 0.3) is 0 Å². The van der Waals surface area contributed by atoms with Crippen molar-refractivity contribution in [3.05, 3.63) is 16.6 Å². The van der Waals surface area contributed by atoms with Crippen molar-refractivity contribution < 1.29 is 4.74 Å². The molecule has 0 spiro atoms. The monoisotopic (exact) mass is 184 g/mol. The summed E-state index contributed by atoms with van der Waals surface area (Å²) < 4.78 is 5.27. The molecule has 1 aliphatic heterocycles. The minimum Gasteiger partial charge on any atom is -0.381 e. The van der Waals surface area contributed by atoms with Crippen molar-refractivity contribution in [2.24, 2.45) is 11.7 Å². The van der Waals surface area contributed by atoms with E-state index in [2.05, 4.69) is 4.98 Å². The lowest BCUT2D eigenvalue weighted by Gasteiger charge is -2.14. The standard InChI is InChI=1S/C8H12N2OS/c9-8(6-1-2-11-3-6)7-4-12-5-10-7/h4-6,8H,1-3,9H2. The van der Waals surface area contributed by atoms with E-state index in [4.69, 9.17) is 10.5 Å². The Labute approximate surface area is 75.6 Å². The summed E-state index contributed by atoms with van der Waals surface area (Å²) in [6.45, 7) is 1.64. The topological polar surface area (TPSA) is 48.1 Å². The van der Waals surface area contributed by atoms with E-state index in [1.807, 2.05) is 10.9 Å². The summed E-state index contributed by atoms with van der Waals surface area (Å²) in [5, 5.41) is 2.02. The zero-order valence-electron chi connectivity index (χ0n) is 6.77. The minimum absolute atomic E-state index is 0.0683. The number of rotatable bonds is 2. The summed E-state index contributed by atoms with van der Waals surface area (Å²) in [6.07, 6.45) is 1.07. The van der Waals surface area contributed by atoms with E-state index in [9.17, 15) is 0 Å². The van der Waals surface area contributed by atoms with Crippen molar-refractivity contribution >= 4 is 11.3 Å². The van der Waals surface area contributed by atoms with Crippen LogP contribution in [0, 0.1) is 5.92 Å². The average Bonchev–Trinajstić information content (AvgIpc) is 2.77. The second kappa shape index (κ2) is 3.51. The number of aromatic nitrogens is 1. The number of hydrogen-bond donors (Lipinski definition) is 1. The van der Waals surface area contributed by atoms with Gasteiger partial charge in [-0.2, -0.15) is 0 Å². The van der Waals surface area contributed by atoms with Gasteiger partial charge in [0.1, 0.15) is 0 Å². The molecular weight excluding hydrogens is 172 g/mol. The van der Waals surface area contributed by atoms with Crippen molar-refractivity contribution in [1.82, 2.24) is 4.98 Å². The van der Waals surface area contributed by atoms with Gasteiger partial charge >= 0.3 is 0 Å². The van der Waals surface area contributed by atoms with Gasteiger partial charge in [0, 0.05) is 17.9 Å². The summed E-state index contributed by atoms with van der Waals surface area (Å²) in [4.78, 5) is 4.20. The molecule has 0 bridgehead atoms. The molecule has 2 atom stereocenters. The first-order valence-electron chi connectivity index (χ1n) is 4.09. The molecule has 0 radical (unpaired) electrons. The molecule has 0 aromatic carbocycles. The number of nitrogens with two attached hydrogens (primary N) is 1. The van der Waals surface area contributed by atoms with E-state index in [0.717, 1.165) is 25.3 Å². The molecule has 1 aromatic rings. The van der Waals surface area contributed by atoms with Crippen LogP contribution >= 0.6 is 11.3 Å². The van der Waals surface area contributed by atoms with Crippen LogP contribution in [0.2, 0.25) is 0 Å². The maximum atomic E-state index is 6.01. The predicted octanol–water partition coefficient (Wildman–Crippen LogP) is 1.18. The third-order valence-electron chi connectivity index (χ3n) is 2.27. The van der Waals surface area contributed by atoms with Crippen LogP contribution in [0.15, 0.2) is 10.9 Å². The highest BCUT2D eigenvalue weighted by Gasteiger charge is 2.24. The van der Waals surface area contributed by atoms with Crippen molar-refractivity contribution in [2.75, 3.05) is 13.2 Å². The molecule has 1 fully saturated rings. The Hall–Kier alpha value is -0.450. The smallest absolute Gasteiger partial charge is 0.0795 e. The van der Waals surface area contributed by atoms with Gasteiger partial charge in [-0.15, -0.1) is 11.3 Å². The molecule has 66 valence electrons. The van der Waals surface area contributed by atoms with Gasteiger partial charge in [0.05, 0.1) is 23.9 Å². The van der Waals surface area contributed by atoms with Crippen LogP contribution in [0.4, 0.5) is 0 Å². The molecule has 2 rings (SSSR count). The van der Waals surface area contributed by atoms with Gasteiger partial charge in [-0.05, 0) is 6.42 Å². The third-order valence-corrected chi connectivity index (χ3v) is 2.87. The first kappa shape index (κ1) is 8.16. The fraction of sp³-hybridized carbons (Fsp3) is 0.625. The van der Waals surface area contributed by atoms with Gasteiger partial charge in [0.2, 0.25) is 0 Å². The third kappa shape index (κ3) is 1.50. The zero-order valence-corrected chi connectivity index (χ0v) is 7.59. The summed E-state index contributed by atoms with van der Waals surface area (Å²) in [6, 6.07) is 0.0683. The van der Waals surface area contributed by atoms with Crippen LogP contribution < -0.4 is 5.73 Å². The molecule has 0 saturated carbocycles. The molecule has 2 N–H and O–H groups in total. The Balaban J connectivity index is 2.04. The van der Waals surface area contributed by atoms with Gasteiger partial charge in [0.15, 0.2) is 0 Å². The Morgan fingerprint density at radius 2 is 2.67 bits per heavy atom. The van der Waals surface area contributed by atoms with Crippen LogP contribution in [-0.2, 0) is 4.74 Å². The molecule has 12 heavy (non-hydrogen) atoms. The Morgan fingerprint density at radius 1 is 1.75 bits per heavy atom. The molecule has 4 heteroatoms. The fourth-order valence-corrected chi connectivity index (χ4v) is 2.06. The lowest BCUT2D eigenvalue weighted by Crippen LogP contribution is -2.21. The summed E-state index contributed by atoms with van der Waals surface area (Å²) in [7, 11) is 0. The van der Waals surface area contributed by atoms with E-state index in [0.29, 0.717) is 5.92 Å². The quantitative estimate of drug-likeness (QED) is 0.750. The van der Waals surface area contributed by atoms with E-state index < -0.39 is 0 Å². The maximum absolute atomic E-state index is 6.01. The highest BCUT2D eigenvalue weighted by atomic mass is 32.1. The second-order valence-electron chi connectivity index (χ2n) is 3.06. The highest BCUT2D eigenvalue weighted by molar-refractivity contribution is 7.07. The lowest BCUT2D eigenvalue weighted by atomic mass is 9.98. The van der Waals surface area contributed by atoms with Crippen molar-refractivity contribution in [3.63, 3.8) is 0 Å². The van der Waals surface area contributed by atoms with Crippen molar-refractivity contribution in [1.29, 1.82) is 0 Å². The van der Waals surface area contributed by atoms with Crippen LogP contribution in [-0.4, -0.2) is 18.2 Å². The van der Waals surface area contributed by atoms with E-state index in [1.54, 1.807) is 11.3 Å². The van der Waals surface area contributed by atoms with Gasteiger partial charge in [-0.25, -0.2) is 4.98 Å². The Kier molecular flexibility index (Phi) is 2.39. The largest absolute Gasteiger partial charge is 0.381 e. The number of nitrogens with zero attached hydrogens (tertiary/aromatic N) is 1. The molecule has 1 aliphatic rings. The highest BCUT2D eigenvalue weighted by Crippen LogP contribution is 2.25. The fourth-order valence-electron chi connectivity index (χ4n) is 1.46. The number of hydrogen-bond acceptors (Lipinski definition) is 4. The first-order chi connectivity index (χ1) is 5.88. The molecule has 1 aromatic heterocycles. The van der Waals surface area contributed by atoms with Gasteiger partial charge in [0.25, 0.3) is 0 Å². The van der Waals surface area contributed by atoms with Gasteiger partial charge in [-0.1, -0.05) is 0 Å². The van der Waals surface area contributed by atoms with Gasteiger partial charge in [-0.3, -0.25) is 0 Å². The SMILES string of the molecule is NC(c1cscn1)C1CCOC1. The summed E-state index contributed by atoms with van der Waals surface area (Å²) in [5.41, 5.74) is 8.84. The molecule has 3 nitrogen and oxygen atoms in total.